The molecular formula is C12H16N2O4S. The van der Waals surface area contributed by atoms with E-state index in [-0.39, 0.29) is 17.9 Å². The summed E-state index contributed by atoms with van der Waals surface area (Å²) in [4.78, 5) is 10.9. The highest BCUT2D eigenvalue weighted by atomic mass is 32.2. The van der Waals surface area contributed by atoms with E-state index in [0.29, 0.717) is 24.2 Å². The summed E-state index contributed by atoms with van der Waals surface area (Å²) >= 11 is 0. The number of anilines is 2. The van der Waals surface area contributed by atoms with Crippen molar-refractivity contribution in [2.75, 3.05) is 23.3 Å². The third kappa shape index (κ3) is 2.98. The zero-order valence-electron chi connectivity index (χ0n) is 10.3. The van der Waals surface area contributed by atoms with Gasteiger partial charge in [-0.3, -0.25) is 0 Å². The Morgan fingerprint density at radius 2 is 2.21 bits per heavy atom. The quantitative estimate of drug-likeness (QED) is 0.710. The maximum absolute atomic E-state index is 11.7. The molecule has 0 amide bonds. The Labute approximate surface area is 111 Å². The number of carboxylic acid groups (broad SMARTS) is 1. The fraction of sp³-hybridized carbons (Fsp3) is 0.417. The molecular weight excluding hydrogens is 268 g/mol. The first-order chi connectivity index (χ1) is 8.90. The molecule has 1 aromatic rings. The van der Waals surface area contributed by atoms with E-state index in [0.717, 1.165) is 0 Å². The zero-order valence-corrected chi connectivity index (χ0v) is 11.1. The second kappa shape index (κ2) is 5.08. The molecule has 0 aliphatic carbocycles. The second-order valence-electron chi connectivity index (χ2n) is 4.62. The number of nitrogens with two attached hydrogens (primary N) is 1. The number of sulfone groups is 1. The highest BCUT2D eigenvalue weighted by molar-refractivity contribution is 7.92. The fourth-order valence-electron chi connectivity index (χ4n) is 2.15. The van der Waals surface area contributed by atoms with E-state index in [2.05, 4.69) is 5.32 Å². The van der Waals surface area contributed by atoms with Crippen LogP contribution in [0.2, 0.25) is 0 Å². The van der Waals surface area contributed by atoms with Crippen LogP contribution in [0.15, 0.2) is 18.2 Å². The van der Waals surface area contributed by atoms with E-state index in [1.807, 2.05) is 0 Å². The molecule has 1 saturated heterocycles. The number of rotatable bonds is 4. The van der Waals surface area contributed by atoms with Crippen molar-refractivity contribution >= 4 is 27.2 Å². The van der Waals surface area contributed by atoms with Gasteiger partial charge in [0.2, 0.25) is 0 Å². The molecule has 1 aliphatic heterocycles. The minimum absolute atomic E-state index is 0.117. The number of nitrogen functional groups attached to an aromatic ring is 1. The molecule has 0 radical (unpaired) electrons. The van der Waals surface area contributed by atoms with Crippen molar-refractivity contribution in [3.05, 3.63) is 23.8 Å². The SMILES string of the molecule is Nc1ccc(C(=O)O)cc1NCC1CCCS1(=O)=O. The predicted octanol–water partition coefficient (Wildman–Crippen LogP) is 0.956. The molecule has 104 valence electrons. The Kier molecular flexibility index (Phi) is 3.66. The number of carbonyl (C=O) groups is 1. The molecule has 19 heavy (non-hydrogen) atoms. The number of hydrogen-bond acceptors (Lipinski definition) is 5. The highest BCUT2D eigenvalue weighted by Crippen LogP contribution is 2.24. The van der Waals surface area contributed by atoms with Gasteiger partial charge in [-0.15, -0.1) is 0 Å². The minimum Gasteiger partial charge on any atom is -0.478 e. The lowest BCUT2D eigenvalue weighted by atomic mass is 10.1. The van der Waals surface area contributed by atoms with Gasteiger partial charge in [-0.1, -0.05) is 0 Å². The van der Waals surface area contributed by atoms with Crippen molar-refractivity contribution in [1.82, 2.24) is 0 Å². The van der Waals surface area contributed by atoms with Gasteiger partial charge in [-0.2, -0.15) is 0 Å². The maximum atomic E-state index is 11.7. The third-order valence-corrected chi connectivity index (χ3v) is 5.56. The molecule has 1 aliphatic rings. The van der Waals surface area contributed by atoms with Gasteiger partial charge in [0.1, 0.15) is 0 Å². The van der Waals surface area contributed by atoms with Gasteiger partial charge >= 0.3 is 5.97 Å². The van der Waals surface area contributed by atoms with Gasteiger partial charge < -0.3 is 16.2 Å². The lowest BCUT2D eigenvalue weighted by molar-refractivity contribution is 0.0697. The van der Waals surface area contributed by atoms with E-state index in [9.17, 15) is 13.2 Å². The van der Waals surface area contributed by atoms with Gasteiger partial charge in [0.25, 0.3) is 0 Å². The molecule has 0 aromatic heterocycles. The van der Waals surface area contributed by atoms with Crippen LogP contribution in [0.25, 0.3) is 0 Å². The summed E-state index contributed by atoms with van der Waals surface area (Å²) in [6, 6.07) is 4.32. The maximum Gasteiger partial charge on any atom is 0.335 e. The fourth-order valence-corrected chi connectivity index (χ4v) is 3.92. The molecule has 1 heterocycles. The first-order valence-electron chi connectivity index (χ1n) is 5.98. The largest absolute Gasteiger partial charge is 0.478 e. The number of benzene rings is 1. The van der Waals surface area contributed by atoms with Gasteiger partial charge in [0.05, 0.1) is 27.9 Å². The van der Waals surface area contributed by atoms with Crippen LogP contribution in [0.3, 0.4) is 0 Å². The van der Waals surface area contributed by atoms with Crippen molar-refractivity contribution in [3.63, 3.8) is 0 Å². The molecule has 4 N–H and O–H groups in total. The summed E-state index contributed by atoms with van der Waals surface area (Å²) < 4.78 is 23.4. The molecule has 1 aromatic carbocycles. The van der Waals surface area contributed by atoms with Crippen LogP contribution in [0.5, 0.6) is 0 Å². The summed E-state index contributed by atoms with van der Waals surface area (Å²) in [5.74, 6) is -0.819. The summed E-state index contributed by atoms with van der Waals surface area (Å²) in [5.41, 5.74) is 6.72. The lowest BCUT2D eigenvalue weighted by Gasteiger charge is -2.14. The number of nitrogens with one attached hydrogen (secondary N) is 1. The van der Waals surface area contributed by atoms with E-state index < -0.39 is 21.1 Å². The molecule has 1 unspecified atom stereocenters. The summed E-state index contributed by atoms with van der Waals surface area (Å²) in [7, 11) is -3.02. The normalized spacial score (nSPS) is 21.2. The van der Waals surface area contributed by atoms with Crippen LogP contribution in [0, 0.1) is 0 Å². The molecule has 6 nitrogen and oxygen atoms in total. The van der Waals surface area contributed by atoms with Gasteiger partial charge in [-0.05, 0) is 31.0 Å². The Morgan fingerprint density at radius 3 is 2.79 bits per heavy atom. The van der Waals surface area contributed by atoms with Crippen molar-refractivity contribution in [2.45, 2.75) is 18.1 Å². The number of hydrogen-bond donors (Lipinski definition) is 3. The molecule has 2 rings (SSSR count). The third-order valence-electron chi connectivity index (χ3n) is 3.28. The van der Waals surface area contributed by atoms with Gasteiger partial charge in [0, 0.05) is 6.54 Å². The average Bonchev–Trinajstić information content (AvgIpc) is 2.67. The monoisotopic (exact) mass is 284 g/mol. The molecule has 0 bridgehead atoms. The van der Waals surface area contributed by atoms with Crippen LogP contribution < -0.4 is 11.1 Å². The predicted molar refractivity (Wildman–Crippen MR) is 73.1 cm³/mol. The van der Waals surface area contributed by atoms with Crippen LogP contribution in [0.4, 0.5) is 11.4 Å². The Bertz CT molecular complexity index is 598. The topological polar surface area (TPSA) is 109 Å². The smallest absolute Gasteiger partial charge is 0.335 e. The zero-order chi connectivity index (χ0) is 14.0. The van der Waals surface area contributed by atoms with Gasteiger partial charge in [0.15, 0.2) is 9.84 Å². The minimum atomic E-state index is -3.02. The average molecular weight is 284 g/mol. The first kappa shape index (κ1) is 13.7. The lowest BCUT2D eigenvalue weighted by Crippen LogP contribution is -2.25. The van der Waals surface area contributed by atoms with E-state index in [1.165, 1.54) is 18.2 Å². The van der Waals surface area contributed by atoms with E-state index >= 15 is 0 Å². The van der Waals surface area contributed by atoms with Crippen LogP contribution in [0.1, 0.15) is 23.2 Å². The summed E-state index contributed by atoms with van der Waals surface area (Å²) in [6.45, 7) is 0.260. The molecule has 0 spiro atoms. The number of aromatic carboxylic acids is 1. The molecule has 1 atom stereocenters. The Morgan fingerprint density at radius 1 is 1.47 bits per heavy atom. The molecule has 1 fully saturated rings. The van der Waals surface area contributed by atoms with Crippen molar-refractivity contribution in [3.8, 4) is 0 Å². The van der Waals surface area contributed by atoms with Crippen molar-refractivity contribution < 1.29 is 18.3 Å². The van der Waals surface area contributed by atoms with Crippen LogP contribution >= 0.6 is 0 Å². The van der Waals surface area contributed by atoms with E-state index in [4.69, 9.17) is 10.8 Å². The number of carboxylic acids is 1. The standard InChI is InChI=1S/C12H16N2O4S/c13-10-4-3-8(12(15)16)6-11(10)14-7-9-2-1-5-19(9,17)18/h3-4,6,9,14H,1-2,5,7,13H2,(H,15,16). The van der Waals surface area contributed by atoms with Crippen molar-refractivity contribution in [2.24, 2.45) is 0 Å². The second-order valence-corrected chi connectivity index (χ2v) is 7.02. The van der Waals surface area contributed by atoms with Crippen molar-refractivity contribution in [1.29, 1.82) is 0 Å². The summed E-state index contributed by atoms with van der Waals surface area (Å²) in [5, 5.41) is 11.4. The first-order valence-corrected chi connectivity index (χ1v) is 7.70. The van der Waals surface area contributed by atoms with E-state index in [1.54, 1.807) is 0 Å². The highest BCUT2D eigenvalue weighted by Gasteiger charge is 2.30. The van der Waals surface area contributed by atoms with Crippen LogP contribution in [-0.2, 0) is 9.84 Å². The summed E-state index contributed by atoms with van der Waals surface area (Å²) in [6.07, 6.45) is 1.31. The van der Waals surface area contributed by atoms with Gasteiger partial charge in [-0.25, -0.2) is 13.2 Å². The van der Waals surface area contributed by atoms with Crippen LogP contribution in [-0.4, -0.2) is 37.0 Å². The Hall–Kier alpha value is -1.76. The Balaban J connectivity index is 2.11. The molecule has 0 saturated carbocycles. The molecule has 7 heteroatoms.